The number of carbonyl (C=O) groups excluding carboxylic acids is 2. The highest BCUT2D eigenvalue weighted by Gasteiger charge is 2.26. The molecule has 0 aromatic carbocycles. The Morgan fingerprint density at radius 2 is 1.31 bits per heavy atom. The lowest BCUT2D eigenvalue weighted by Gasteiger charge is -2.19. The number of hydrogen-bond donors (Lipinski definition) is 3. The summed E-state index contributed by atoms with van der Waals surface area (Å²) in [6, 6.07) is 0. The summed E-state index contributed by atoms with van der Waals surface area (Å²) in [4.78, 5) is 35.0. The molecule has 0 aliphatic rings. The Morgan fingerprint density at radius 1 is 0.712 bits per heavy atom. The molecule has 0 saturated heterocycles. The Labute approximate surface area is 356 Å². The number of ether oxygens (including phenoxy) is 2. The summed E-state index contributed by atoms with van der Waals surface area (Å²) >= 11 is 0. The minimum atomic E-state index is -4.42. The quantitative estimate of drug-likeness (QED) is 0.0190. The summed E-state index contributed by atoms with van der Waals surface area (Å²) < 4.78 is 39.0. The molecule has 1 heterocycles. The lowest BCUT2D eigenvalue weighted by molar-refractivity contribution is -0.161. The largest absolute Gasteiger partial charge is 0.472 e. The maximum atomic E-state index is 12.7. The van der Waals surface area contributed by atoms with E-state index in [1.165, 1.54) is 62.5 Å². The number of phosphoric ester groups is 1. The third-order valence-corrected chi connectivity index (χ3v) is 11.0. The zero-order valence-electron chi connectivity index (χ0n) is 37.1. The van der Waals surface area contributed by atoms with Crippen LogP contribution in [0.15, 0.2) is 53.0 Å². The first-order chi connectivity index (χ1) is 28.5. The summed E-state index contributed by atoms with van der Waals surface area (Å²) in [7, 11) is -4.42. The molecule has 4 N–H and O–H groups in total. The molecule has 11 nitrogen and oxygen atoms in total. The van der Waals surface area contributed by atoms with Gasteiger partial charge >= 0.3 is 19.8 Å². The van der Waals surface area contributed by atoms with E-state index in [9.17, 15) is 24.2 Å². The lowest BCUT2D eigenvalue weighted by atomic mass is 10.0. The van der Waals surface area contributed by atoms with Crippen LogP contribution in [0, 0.1) is 13.8 Å². The predicted molar refractivity (Wildman–Crippen MR) is 238 cm³/mol. The molecule has 0 saturated carbocycles. The third kappa shape index (κ3) is 30.0. The van der Waals surface area contributed by atoms with Gasteiger partial charge in [-0.25, -0.2) is 4.57 Å². The van der Waals surface area contributed by atoms with E-state index in [0.29, 0.717) is 25.7 Å². The molecule has 59 heavy (non-hydrogen) atoms. The van der Waals surface area contributed by atoms with Gasteiger partial charge < -0.3 is 29.6 Å². The van der Waals surface area contributed by atoms with Gasteiger partial charge in [0.2, 0.25) is 0 Å². The van der Waals surface area contributed by atoms with E-state index in [4.69, 9.17) is 28.7 Å². The molecular weight excluding hydrogens is 769 g/mol. The minimum absolute atomic E-state index is 0.0288. The molecule has 3 atom stereocenters. The van der Waals surface area contributed by atoms with Crippen molar-refractivity contribution in [1.29, 1.82) is 0 Å². The number of allylic oxidation sites excluding steroid dienone is 6. The van der Waals surface area contributed by atoms with Crippen molar-refractivity contribution in [3.8, 4) is 0 Å². The van der Waals surface area contributed by atoms with E-state index in [1.54, 1.807) is 6.08 Å². The van der Waals surface area contributed by atoms with Crippen molar-refractivity contribution in [2.24, 2.45) is 5.73 Å². The van der Waals surface area contributed by atoms with E-state index >= 15 is 0 Å². The van der Waals surface area contributed by atoms with Gasteiger partial charge in [0.05, 0.1) is 19.3 Å². The zero-order chi connectivity index (χ0) is 43.4. The number of unbranched alkanes of at least 4 members (excludes halogenated alkanes) is 13. The first-order valence-electron chi connectivity index (χ1n) is 22.6. The lowest BCUT2D eigenvalue weighted by Crippen LogP contribution is -2.29. The Kier molecular flexibility index (Phi) is 33.0. The molecule has 0 aliphatic heterocycles. The normalized spacial score (nSPS) is 14.2. The first-order valence-corrected chi connectivity index (χ1v) is 24.1. The number of aryl methyl sites for hydroxylation is 2. The molecule has 1 unspecified atom stereocenters. The van der Waals surface area contributed by atoms with E-state index in [1.807, 2.05) is 36.5 Å². The van der Waals surface area contributed by atoms with Crippen molar-refractivity contribution in [3.05, 3.63) is 71.3 Å². The van der Waals surface area contributed by atoms with Gasteiger partial charge in [-0.3, -0.25) is 18.6 Å². The van der Waals surface area contributed by atoms with Crippen molar-refractivity contribution in [1.82, 2.24) is 0 Å². The second kappa shape index (κ2) is 35.9. The number of hydrogen-bond acceptors (Lipinski definition) is 10. The van der Waals surface area contributed by atoms with Crippen LogP contribution in [0.25, 0.3) is 0 Å². The molecule has 12 heteroatoms. The van der Waals surface area contributed by atoms with Crippen LogP contribution < -0.4 is 5.73 Å². The summed E-state index contributed by atoms with van der Waals surface area (Å²) in [6.45, 7) is 7.83. The molecule has 0 fully saturated rings. The van der Waals surface area contributed by atoms with Gasteiger partial charge in [-0.2, -0.15) is 0 Å². The number of nitrogens with two attached hydrogens (primary N) is 1. The molecule has 1 aromatic heterocycles. The standard InChI is InChI=1S/C47H80NO10P/c1-5-7-9-10-19-25-30-42(49)31-26-20-15-11-13-17-22-28-34-46(50)54-38-43(39-56-59(52,53)55-37-36-48)57-47(51)35-29-23-18-14-12-16-21-27-33-45-41(4)40(3)44(58-45)32-24-8-6-2/h13,15,17,19-20,25-26,31,42-43,49H,5-12,14,16,18,21-24,27-30,32-39,48H2,1-4H3,(H,52,53)/b17-13-,20-15-,25-19-,31-26+/t42-,43-/m1/s1. The Balaban J connectivity index is 2.32. The molecule has 1 aromatic rings. The molecule has 0 spiro atoms. The second-order valence-electron chi connectivity index (χ2n) is 15.3. The number of carbonyl (C=O) groups is 2. The monoisotopic (exact) mass is 850 g/mol. The van der Waals surface area contributed by atoms with Gasteiger partial charge in [-0.15, -0.1) is 0 Å². The van der Waals surface area contributed by atoms with Gasteiger partial charge in [0.15, 0.2) is 6.10 Å². The molecule has 0 bridgehead atoms. The number of furan rings is 1. The van der Waals surface area contributed by atoms with E-state index in [-0.39, 0.29) is 32.6 Å². The van der Waals surface area contributed by atoms with E-state index < -0.39 is 38.6 Å². The minimum Gasteiger partial charge on any atom is -0.466 e. The van der Waals surface area contributed by atoms with Crippen LogP contribution in [0.3, 0.4) is 0 Å². The summed E-state index contributed by atoms with van der Waals surface area (Å²) in [5.74, 6) is 1.36. The van der Waals surface area contributed by atoms with Crippen molar-refractivity contribution >= 4 is 19.8 Å². The third-order valence-electron chi connectivity index (χ3n) is 10.0. The SMILES string of the molecule is CCCCC/C=C\C[C@@H](O)/C=C/C=C\C/C=C\CCCC(=O)OC[C@H](COP(=O)(O)OCCN)OC(=O)CCCCCCCCCCc1oc(CCCCC)c(C)c1C. The van der Waals surface area contributed by atoms with Crippen LogP contribution in [-0.4, -0.2) is 60.5 Å². The van der Waals surface area contributed by atoms with Crippen molar-refractivity contribution in [2.45, 2.75) is 188 Å². The maximum Gasteiger partial charge on any atom is 0.472 e. The van der Waals surface area contributed by atoms with Crippen molar-refractivity contribution < 1.29 is 47.1 Å². The number of rotatable bonds is 38. The van der Waals surface area contributed by atoms with Crippen LogP contribution in [-0.2, 0) is 45.5 Å². The number of aliphatic hydroxyl groups is 1. The Hall–Kier alpha value is -2.79. The fourth-order valence-electron chi connectivity index (χ4n) is 6.30. The summed E-state index contributed by atoms with van der Waals surface area (Å²) in [5, 5.41) is 10.0. The van der Waals surface area contributed by atoms with Crippen molar-refractivity contribution in [2.75, 3.05) is 26.4 Å². The smallest absolute Gasteiger partial charge is 0.466 e. The van der Waals surface area contributed by atoms with E-state index in [2.05, 4.69) is 33.8 Å². The molecule has 0 aliphatic carbocycles. The first kappa shape index (κ1) is 54.2. The summed E-state index contributed by atoms with van der Waals surface area (Å²) in [5.41, 5.74) is 7.99. The topological polar surface area (TPSA) is 168 Å². The molecule has 0 radical (unpaired) electrons. The number of aliphatic hydroxyl groups excluding tert-OH is 1. The maximum absolute atomic E-state index is 12.7. The number of phosphoric acid groups is 1. The molecule has 0 amide bonds. The molecule has 1 rings (SSSR count). The highest BCUT2D eigenvalue weighted by atomic mass is 31.2. The van der Waals surface area contributed by atoms with E-state index in [0.717, 1.165) is 69.3 Å². The van der Waals surface area contributed by atoms with Crippen molar-refractivity contribution in [3.63, 3.8) is 0 Å². The second-order valence-corrected chi connectivity index (χ2v) is 16.8. The van der Waals surface area contributed by atoms with Crippen LogP contribution in [0.5, 0.6) is 0 Å². The summed E-state index contributed by atoms with van der Waals surface area (Å²) in [6.07, 6.45) is 35.7. The average Bonchev–Trinajstić information content (AvgIpc) is 3.48. The zero-order valence-corrected chi connectivity index (χ0v) is 37.9. The van der Waals surface area contributed by atoms with Crippen LogP contribution in [0.1, 0.15) is 171 Å². The fraction of sp³-hybridized carbons (Fsp3) is 0.702. The van der Waals surface area contributed by atoms with Gasteiger partial charge in [0.25, 0.3) is 0 Å². The Morgan fingerprint density at radius 3 is 1.98 bits per heavy atom. The van der Waals surface area contributed by atoms with Gasteiger partial charge in [-0.1, -0.05) is 127 Å². The van der Waals surface area contributed by atoms with Crippen LogP contribution >= 0.6 is 7.82 Å². The number of esters is 2. The van der Waals surface area contributed by atoms with Gasteiger partial charge in [0, 0.05) is 32.2 Å². The average molecular weight is 850 g/mol. The predicted octanol–water partition coefficient (Wildman–Crippen LogP) is 11.3. The molecule has 338 valence electrons. The van der Waals surface area contributed by atoms with Gasteiger partial charge in [-0.05, 0) is 82.8 Å². The fourth-order valence-corrected chi connectivity index (χ4v) is 7.07. The Bertz CT molecular complexity index is 1400. The highest BCUT2D eigenvalue weighted by molar-refractivity contribution is 7.47. The molecular formula is C47H80NO10P. The highest BCUT2D eigenvalue weighted by Crippen LogP contribution is 2.43. The van der Waals surface area contributed by atoms with Gasteiger partial charge in [0.1, 0.15) is 18.1 Å². The van der Waals surface area contributed by atoms with Crippen LogP contribution in [0.4, 0.5) is 0 Å². The van der Waals surface area contributed by atoms with Crippen LogP contribution in [0.2, 0.25) is 0 Å².